The van der Waals surface area contributed by atoms with Gasteiger partial charge < -0.3 is 5.32 Å². The van der Waals surface area contributed by atoms with Crippen LogP contribution in [-0.4, -0.2) is 40.9 Å². The fourth-order valence-electron chi connectivity index (χ4n) is 2.86. The Balaban J connectivity index is 1.87. The Bertz CT molecular complexity index is 382. The summed E-state index contributed by atoms with van der Waals surface area (Å²) in [5.74, 6) is 0.854. The highest BCUT2D eigenvalue weighted by atomic mass is 15.3. The van der Waals surface area contributed by atoms with Gasteiger partial charge in [-0.2, -0.15) is 5.10 Å². The molecule has 1 fully saturated rings. The van der Waals surface area contributed by atoms with E-state index in [1.54, 1.807) is 0 Å². The lowest BCUT2D eigenvalue weighted by Gasteiger charge is -2.28. The maximum atomic E-state index is 4.72. The Morgan fingerprint density at radius 3 is 2.80 bits per heavy atom. The lowest BCUT2D eigenvalue weighted by molar-refractivity contribution is 0.204. The van der Waals surface area contributed by atoms with Crippen LogP contribution in [0.5, 0.6) is 0 Å². The molecule has 1 aliphatic rings. The van der Waals surface area contributed by atoms with E-state index in [4.69, 9.17) is 5.10 Å². The van der Waals surface area contributed by atoms with Gasteiger partial charge in [0.2, 0.25) is 0 Å². The standard InChI is InChI=1S/C16H30N4/c1-4-14(3)20-11-8-16(18-20)13-19(5-2)12-15-6-9-17-10-7-15/h8,11,14-15,17H,4-7,9-10,12-13H2,1-3H3. The Morgan fingerprint density at radius 1 is 1.40 bits per heavy atom. The van der Waals surface area contributed by atoms with Crippen LogP contribution in [0, 0.1) is 5.92 Å². The zero-order valence-corrected chi connectivity index (χ0v) is 13.3. The summed E-state index contributed by atoms with van der Waals surface area (Å²) in [5, 5.41) is 8.17. The predicted molar refractivity (Wildman–Crippen MR) is 83.8 cm³/mol. The molecule has 1 N–H and O–H groups in total. The number of nitrogens with one attached hydrogen (secondary N) is 1. The van der Waals surface area contributed by atoms with E-state index in [0.717, 1.165) is 25.4 Å². The van der Waals surface area contributed by atoms with Gasteiger partial charge in [-0.05, 0) is 57.8 Å². The average molecular weight is 278 g/mol. The molecular weight excluding hydrogens is 248 g/mol. The second kappa shape index (κ2) is 7.79. The molecule has 114 valence electrons. The van der Waals surface area contributed by atoms with E-state index in [1.807, 2.05) is 0 Å². The number of aromatic nitrogens is 2. The molecule has 1 saturated heterocycles. The number of hydrogen-bond acceptors (Lipinski definition) is 3. The molecule has 0 aromatic carbocycles. The minimum atomic E-state index is 0.503. The topological polar surface area (TPSA) is 33.1 Å². The molecule has 4 heteroatoms. The van der Waals surface area contributed by atoms with Gasteiger partial charge in [-0.25, -0.2) is 0 Å². The minimum Gasteiger partial charge on any atom is -0.317 e. The van der Waals surface area contributed by atoms with Gasteiger partial charge in [0.05, 0.1) is 5.69 Å². The Morgan fingerprint density at radius 2 is 2.15 bits per heavy atom. The first-order valence-electron chi connectivity index (χ1n) is 8.20. The average Bonchev–Trinajstić information content (AvgIpc) is 2.95. The van der Waals surface area contributed by atoms with Gasteiger partial charge in [0, 0.05) is 25.3 Å². The molecule has 0 saturated carbocycles. The van der Waals surface area contributed by atoms with Gasteiger partial charge in [0.25, 0.3) is 0 Å². The van der Waals surface area contributed by atoms with Crippen LogP contribution in [0.15, 0.2) is 12.3 Å². The maximum absolute atomic E-state index is 4.72. The van der Waals surface area contributed by atoms with Crippen molar-refractivity contribution in [2.75, 3.05) is 26.2 Å². The third kappa shape index (κ3) is 4.32. The quantitative estimate of drug-likeness (QED) is 0.832. The van der Waals surface area contributed by atoms with Crippen molar-refractivity contribution in [2.24, 2.45) is 5.92 Å². The largest absolute Gasteiger partial charge is 0.317 e. The van der Waals surface area contributed by atoms with Crippen molar-refractivity contribution in [3.8, 4) is 0 Å². The molecule has 2 rings (SSSR count). The van der Waals surface area contributed by atoms with Crippen LogP contribution in [-0.2, 0) is 6.54 Å². The third-order valence-corrected chi connectivity index (χ3v) is 4.51. The molecule has 0 spiro atoms. The summed E-state index contributed by atoms with van der Waals surface area (Å²) in [4.78, 5) is 2.54. The van der Waals surface area contributed by atoms with Crippen LogP contribution < -0.4 is 5.32 Å². The molecule has 0 aliphatic carbocycles. The van der Waals surface area contributed by atoms with E-state index in [1.165, 1.54) is 38.2 Å². The highest BCUT2D eigenvalue weighted by Gasteiger charge is 2.17. The molecule has 0 amide bonds. The van der Waals surface area contributed by atoms with Gasteiger partial charge >= 0.3 is 0 Å². The second-order valence-corrected chi connectivity index (χ2v) is 6.07. The van der Waals surface area contributed by atoms with Crippen molar-refractivity contribution >= 4 is 0 Å². The lowest BCUT2D eigenvalue weighted by Crippen LogP contribution is -2.36. The molecule has 1 atom stereocenters. The second-order valence-electron chi connectivity index (χ2n) is 6.07. The maximum Gasteiger partial charge on any atom is 0.0764 e. The number of hydrogen-bond donors (Lipinski definition) is 1. The van der Waals surface area contributed by atoms with Crippen LogP contribution in [0.1, 0.15) is 51.8 Å². The van der Waals surface area contributed by atoms with E-state index in [9.17, 15) is 0 Å². The predicted octanol–water partition coefficient (Wildman–Crippen LogP) is 2.68. The zero-order chi connectivity index (χ0) is 14.4. The van der Waals surface area contributed by atoms with Crippen molar-refractivity contribution < 1.29 is 0 Å². The summed E-state index contributed by atoms with van der Waals surface area (Å²) in [6, 6.07) is 2.68. The third-order valence-electron chi connectivity index (χ3n) is 4.51. The number of nitrogens with zero attached hydrogens (tertiary/aromatic N) is 3. The first kappa shape index (κ1) is 15.5. The zero-order valence-electron chi connectivity index (χ0n) is 13.3. The summed E-state index contributed by atoms with van der Waals surface area (Å²) < 4.78 is 2.10. The summed E-state index contributed by atoms with van der Waals surface area (Å²) in [6.07, 6.45) is 5.89. The van der Waals surface area contributed by atoms with Gasteiger partial charge in [0.15, 0.2) is 0 Å². The molecule has 4 nitrogen and oxygen atoms in total. The summed E-state index contributed by atoms with van der Waals surface area (Å²) in [6.45, 7) is 12.4. The fourth-order valence-corrected chi connectivity index (χ4v) is 2.86. The van der Waals surface area contributed by atoms with Crippen molar-refractivity contribution in [3.63, 3.8) is 0 Å². The molecule has 1 aromatic rings. The van der Waals surface area contributed by atoms with Crippen molar-refractivity contribution in [1.29, 1.82) is 0 Å². The molecule has 1 aliphatic heterocycles. The Kier molecular flexibility index (Phi) is 6.05. The van der Waals surface area contributed by atoms with E-state index in [0.29, 0.717) is 6.04 Å². The molecule has 1 unspecified atom stereocenters. The van der Waals surface area contributed by atoms with Crippen molar-refractivity contribution in [1.82, 2.24) is 20.0 Å². The molecule has 2 heterocycles. The van der Waals surface area contributed by atoms with Crippen molar-refractivity contribution in [3.05, 3.63) is 18.0 Å². The van der Waals surface area contributed by atoms with Gasteiger partial charge in [-0.3, -0.25) is 9.58 Å². The lowest BCUT2D eigenvalue weighted by atomic mass is 9.97. The molecule has 20 heavy (non-hydrogen) atoms. The normalized spacial score (nSPS) is 18.6. The Hall–Kier alpha value is -0.870. The van der Waals surface area contributed by atoms with E-state index in [-0.39, 0.29) is 0 Å². The van der Waals surface area contributed by atoms with Crippen molar-refractivity contribution in [2.45, 2.75) is 52.6 Å². The monoisotopic (exact) mass is 278 g/mol. The fraction of sp³-hybridized carbons (Fsp3) is 0.812. The smallest absolute Gasteiger partial charge is 0.0764 e. The first-order chi connectivity index (χ1) is 9.72. The summed E-state index contributed by atoms with van der Waals surface area (Å²) in [5.41, 5.74) is 1.21. The van der Waals surface area contributed by atoms with Gasteiger partial charge in [0.1, 0.15) is 0 Å². The van der Waals surface area contributed by atoms with Crippen LogP contribution in [0.3, 0.4) is 0 Å². The van der Waals surface area contributed by atoms with Crippen LogP contribution in [0.4, 0.5) is 0 Å². The molecule has 0 bridgehead atoms. The molecule has 1 aromatic heterocycles. The minimum absolute atomic E-state index is 0.503. The van der Waals surface area contributed by atoms with Crippen LogP contribution >= 0.6 is 0 Å². The summed E-state index contributed by atoms with van der Waals surface area (Å²) in [7, 11) is 0. The SMILES string of the molecule is CCC(C)n1ccc(CN(CC)CC2CCNCC2)n1. The number of rotatable bonds is 7. The van der Waals surface area contributed by atoms with Gasteiger partial charge in [-0.15, -0.1) is 0 Å². The first-order valence-corrected chi connectivity index (χ1v) is 8.20. The van der Waals surface area contributed by atoms with Crippen LogP contribution in [0.25, 0.3) is 0 Å². The summed E-state index contributed by atoms with van der Waals surface area (Å²) >= 11 is 0. The van der Waals surface area contributed by atoms with E-state index < -0.39 is 0 Å². The highest BCUT2D eigenvalue weighted by molar-refractivity contribution is 4.99. The molecule has 0 radical (unpaired) electrons. The Labute approximate surface area is 123 Å². The highest BCUT2D eigenvalue weighted by Crippen LogP contribution is 2.15. The van der Waals surface area contributed by atoms with E-state index in [2.05, 4.69) is 47.9 Å². The van der Waals surface area contributed by atoms with Crippen LogP contribution in [0.2, 0.25) is 0 Å². The van der Waals surface area contributed by atoms with Gasteiger partial charge in [-0.1, -0.05) is 13.8 Å². The number of piperidine rings is 1. The molecular formula is C16H30N4. The van der Waals surface area contributed by atoms with E-state index >= 15 is 0 Å².